The molecule has 0 aliphatic heterocycles. The second-order valence-electron chi connectivity index (χ2n) is 5.22. The van der Waals surface area contributed by atoms with Gasteiger partial charge in [-0.15, -0.1) is 0 Å². The first kappa shape index (κ1) is 15.5. The van der Waals surface area contributed by atoms with Crippen molar-refractivity contribution >= 4 is 0 Å². The number of hydrogen-bond acceptors (Lipinski definition) is 3. The van der Waals surface area contributed by atoms with Crippen molar-refractivity contribution in [3.05, 3.63) is 65.7 Å². The minimum atomic E-state index is -0.676. The van der Waals surface area contributed by atoms with E-state index in [1.165, 1.54) is 0 Å². The molecule has 0 radical (unpaired) electrons. The molecular weight excluding hydrogens is 262 g/mol. The van der Waals surface area contributed by atoms with E-state index in [0.29, 0.717) is 13.0 Å². The van der Waals surface area contributed by atoms with E-state index in [1.54, 1.807) is 0 Å². The Kier molecular flexibility index (Phi) is 5.78. The van der Waals surface area contributed by atoms with Crippen LogP contribution in [0.4, 0.5) is 0 Å². The Morgan fingerprint density at radius 1 is 1.05 bits per heavy atom. The molecule has 3 N–H and O–H groups in total. The zero-order valence-corrected chi connectivity index (χ0v) is 12.4. The van der Waals surface area contributed by atoms with E-state index in [4.69, 9.17) is 10.5 Å². The maximum Gasteiger partial charge on any atom is 0.119 e. The molecule has 0 aromatic heterocycles. The highest BCUT2D eigenvalue weighted by Crippen LogP contribution is 2.21. The molecular formula is C18H23NO2. The lowest BCUT2D eigenvalue weighted by molar-refractivity contribution is 0.146. The highest BCUT2D eigenvalue weighted by Gasteiger charge is 2.17. The molecule has 2 unspecified atom stereocenters. The van der Waals surface area contributed by atoms with Crippen LogP contribution < -0.4 is 10.5 Å². The van der Waals surface area contributed by atoms with E-state index in [1.807, 2.05) is 54.6 Å². The molecule has 2 aromatic carbocycles. The standard InChI is InChI=1S/C18H23NO2/c1-2-12-21-16-10-8-15(9-11-16)18(20)17(19)13-14-6-4-3-5-7-14/h3-11,17-18,20H,2,12-13,19H2,1H3. The number of nitrogens with two attached hydrogens (primary N) is 1. The van der Waals surface area contributed by atoms with Gasteiger partial charge in [0.15, 0.2) is 0 Å². The van der Waals surface area contributed by atoms with Gasteiger partial charge in [-0.1, -0.05) is 49.4 Å². The molecule has 0 saturated heterocycles. The summed E-state index contributed by atoms with van der Waals surface area (Å²) in [5, 5.41) is 10.4. The Hall–Kier alpha value is -1.84. The predicted molar refractivity (Wildman–Crippen MR) is 85.3 cm³/mol. The van der Waals surface area contributed by atoms with Crippen LogP contribution in [0.1, 0.15) is 30.6 Å². The fraction of sp³-hybridized carbons (Fsp3) is 0.333. The summed E-state index contributed by atoms with van der Waals surface area (Å²) in [6.07, 6.45) is 0.952. The molecule has 0 saturated carbocycles. The van der Waals surface area contributed by atoms with Gasteiger partial charge in [0.05, 0.1) is 12.7 Å². The van der Waals surface area contributed by atoms with Crippen molar-refractivity contribution in [3.63, 3.8) is 0 Å². The van der Waals surface area contributed by atoms with Crippen molar-refractivity contribution in [2.24, 2.45) is 5.73 Å². The van der Waals surface area contributed by atoms with Gasteiger partial charge in [0.2, 0.25) is 0 Å². The third-order valence-corrected chi connectivity index (χ3v) is 3.41. The van der Waals surface area contributed by atoms with Crippen molar-refractivity contribution in [2.75, 3.05) is 6.61 Å². The van der Waals surface area contributed by atoms with Crippen LogP contribution >= 0.6 is 0 Å². The molecule has 0 amide bonds. The fourth-order valence-electron chi connectivity index (χ4n) is 2.23. The van der Waals surface area contributed by atoms with E-state index in [9.17, 15) is 5.11 Å². The Balaban J connectivity index is 1.97. The second-order valence-corrected chi connectivity index (χ2v) is 5.22. The van der Waals surface area contributed by atoms with Gasteiger partial charge in [0, 0.05) is 6.04 Å². The van der Waals surface area contributed by atoms with Crippen LogP contribution in [0.3, 0.4) is 0 Å². The average Bonchev–Trinajstić information content (AvgIpc) is 2.53. The van der Waals surface area contributed by atoms with Crippen LogP contribution in [0.5, 0.6) is 5.75 Å². The Morgan fingerprint density at radius 2 is 1.71 bits per heavy atom. The molecule has 21 heavy (non-hydrogen) atoms. The summed E-state index contributed by atoms with van der Waals surface area (Å²) >= 11 is 0. The second kappa shape index (κ2) is 7.81. The summed E-state index contributed by atoms with van der Waals surface area (Å²) in [6.45, 7) is 2.77. The van der Waals surface area contributed by atoms with E-state index in [-0.39, 0.29) is 6.04 Å². The number of aliphatic hydroxyl groups is 1. The van der Waals surface area contributed by atoms with E-state index in [0.717, 1.165) is 23.3 Å². The quantitative estimate of drug-likeness (QED) is 0.822. The summed E-state index contributed by atoms with van der Waals surface area (Å²) < 4.78 is 5.53. The molecule has 0 spiro atoms. The summed E-state index contributed by atoms with van der Waals surface area (Å²) in [5.74, 6) is 0.824. The van der Waals surface area contributed by atoms with Gasteiger partial charge >= 0.3 is 0 Å². The van der Waals surface area contributed by atoms with Gasteiger partial charge in [-0.25, -0.2) is 0 Å². The van der Waals surface area contributed by atoms with Crippen LogP contribution in [0.15, 0.2) is 54.6 Å². The van der Waals surface area contributed by atoms with Gasteiger partial charge in [0.25, 0.3) is 0 Å². The lowest BCUT2D eigenvalue weighted by Crippen LogP contribution is -2.30. The lowest BCUT2D eigenvalue weighted by Gasteiger charge is -2.19. The summed E-state index contributed by atoms with van der Waals surface area (Å²) in [6, 6.07) is 17.2. The topological polar surface area (TPSA) is 55.5 Å². The maximum atomic E-state index is 10.4. The first-order valence-electron chi connectivity index (χ1n) is 7.41. The zero-order chi connectivity index (χ0) is 15.1. The lowest BCUT2D eigenvalue weighted by atomic mass is 9.97. The third-order valence-electron chi connectivity index (χ3n) is 3.41. The summed E-state index contributed by atoms with van der Waals surface area (Å²) in [5.41, 5.74) is 8.07. The molecule has 0 bridgehead atoms. The fourth-order valence-corrected chi connectivity index (χ4v) is 2.23. The number of aliphatic hydroxyl groups excluding tert-OH is 1. The smallest absolute Gasteiger partial charge is 0.119 e. The van der Waals surface area contributed by atoms with Gasteiger partial charge in [-0.2, -0.15) is 0 Å². The van der Waals surface area contributed by atoms with Crippen molar-refractivity contribution in [2.45, 2.75) is 31.9 Å². The molecule has 2 atom stereocenters. The molecule has 3 nitrogen and oxygen atoms in total. The monoisotopic (exact) mass is 285 g/mol. The van der Waals surface area contributed by atoms with Gasteiger partial charge in [0.1, 0.15) is 5.75 Å². The molecule has 0 aliphatic carbocycles. The summed E-state index contributed by atoms with van der Waals surface area (Å²) in [4.78, 5) is 0. The first-order valence-corrected chi connectivity index (χ1v) is 7.41. The number of hydrogen-bond donors (Lipinski definition) is 2. The SMILES string of the molecule is CCCOc1ccc(C(O)C(N)Cc2ccccc2)cc1. The Morgan fingerprint density at radius 3 is 2.33 bits per heavy atom. The summed E-state index contributed by atoms with van der Waals surface area (Å²) in [7, 11) is 0. The minimum absolute atomic E-state index is 0.324. The predicted octanol–water partition coefficient (Wildman–Crippen LogP) is 3.08. The van der Waals surface area contributed by atoms with Gasteiger partial charge < -0.3 is 15.6 Å². The minimum Gasteiger partial charge on any atom is -0.494 e. The normalized spacial score (nSPS) is 13.7. The molecule has 0 aliphatic rings. The van der Waals surface area contributed by atoms with Crippen LogP contribution in [0.2, 0.25) is 0 Å². The molecule has 0 heterocycles. The largest absolute Gasteiger partial charge is 0.494 e. The van der Waals surface area contributed by atoms with Gasteiger partial charge in [-0.3, -0.25) is 0 Å². The molecule has 112 valence electrons. The zero-order valence-electron chi connectivity index (χ0n) is 12.4. The third kappa shape index (κ3) is 4.59. The van der Waals surface area contributed by atoms with E-state index in [2.05, 4.69) is 6.92 Å². The Bertz CT molecular complexity index is 525. The maximum absolute atomic E-state index is 10.4. The number of ether oxygens (including phenoxy) is 1. The first-order chi connectivity index (χ1) is 10.2. The van der Waals surface area contributed by atoms with Crippen LogP contribution in [0, 0.1) is 0 Å². The Labute approximate surface area is 126 Å². The van der Waals surface area contributed by atoms with Crippen molar-refractivity contribution in [1.82, 2.24) is 0 Å². The van der Waals surface area contributed by atoms with Crippen molar-refractivity contribution in [3.8, 4) is 5.75 Å². The highest BCUT2D eigenvalue weighted by molar-refractivity contribution is 5.29. The molecule has 2 rings (SSSR count). The van der Waals surface area contributed by atoms with Crippen molar-refractivity contribution < 1.29 is 9.84 Å². The average molecular weight is 285 g/mol. The van der Waals surface area contributed by atoms with Crippen LogP contribution in [0.25, 0.3) is 0 Å². The molecule has 3 heteroatoms. The number of rotatable bonds is 7. The molecule has 2 aromatic rings. The highest BCUT2D eigenvalue weighted by atomic mass is 16.5. The van der Waals surface area contributed by atoms with Crippen LogP contribution in [-0.4, -0.2) is 17.8 Å². The number of benzene rings is 2. The van der Waals surface area contributed by atoms with Gasteiger partial charge in [-0.05, 0) is 36.1 Å². The van der Waals surface area contributed by atoms with Crippen molar-refractivity contribution in [1.29, 1.82) is 0 Å². The van der Waals surface area contributed by atoms with E-state index < -0.39 is 6.10 Å². The molecule has 0 fully saturated rings. The van der Waals surface area contributed by atoms with E-state index >= 15 is 0 Å². The van der Waals surface area contributed by atoms with Crippen LogP contribution in [-0.2, 0) is 6.42 Å².